The van der Waals surface area contributed by atoms with E-state index in [0.29, 0.717) is 6.42 Å². The number of benzene rings is 1. The monoisotopic (exact) mass is 219 g/mol. The Morgan fingerprint density at radius 1 is 1.31 bits per heavy atom. The van der Waals surface area contributed by atoms with Crippen molar-refractivity contribution >= 4 is 0 Å². The topological polar surface area (TPSA) is 60.2 Å². The van der Waals surface area contributed by atoms with Crippen molar-refractivity contribution in [3.63, 3.8) is 0 Å². The molecule has 84 valence electrons. The Kier molecular flexibility index (Phi) is 3.16. The van der Waals surface area contributed by atoms with Crippen molar-refractivity contribution in [2.24, 2.45) is 0 Å². The third kappa shape index (κ3) is 2.20. The molecule has 0 amide bonds. The van der Waals surface area contributed by atoms with Crippen LogP contribution in [0.5, 0.6) is 5.75 Å². The van der Waals surface area contributed by atoms with Crippen molar-refractivity contribution in [1.82, 2.24) is 15.0 Å². The average molecular weight is 219 g/mol. The second-order valence-corrected chi connectivity index (χ2v) is 3.33. The van der Waals surface area contributed by atoms with Crippen molar-refractivity contribution in [1.29, 1.82) is 0 Å². The van der Waals surface area contributed by atoms with Gasteiger partial charge in [-0.15, -0.1) is 5.10 Å². The molecule has 1 aromatic heterocycles. The number of aliphatic hydroxyl groups excluding tert-OH is 1. The van der Waals surface area contributed by atoms with Crippen LogP contribution in [0.4, 0.5) is 0 Å². The minimum Gasteiger partial charge on any atom is -0.497 e. The van der Waals surface area contributed by atoms with Gasteiger partial charge in [0.1, 0.15) is 5.75 Å². The molecule has 0 saturated carbocycles. The number of aliphatic hydroxyl groups is 1. The summed E-state index contributed by atoms with van der Waals surface area (Å²) in [6, 6.07) is 7.53. The predicted octanol–water partition coefficient (Wildman–Crippen LogP) is 0.811. The highest BCUT2D eigenvalue weighted by Gasteiger charge is 2.02. The summed E-state index contributed by atoms with van der Waals surface area (Å²) < 4.78 is 6.74. The molecule has 5 nitrogen and oxygen atoms in total. The van der Waals surface area contributed by atoms with Gasteiger partial charge in [0, 0.05) is 13.0 Å². The molecule has 0 fully saturated rings. The first-order valence-electron chi connectivity index (χ1n) is 5.00. The van der Waals surface area contributed by atoms with Crippen LogP contribution >= 0.6 is 0 Å². The van der Waals surface area contributed by atoms with E-state index in [0.717, 1.165) is 17.1 Å². The first-order valence-corrected chi connectivity index (χ1v) is 5.00. The lowest BCUT2D eigenvalue weighted by Crippen LogP contribution is -1.94. The van der Waals surface area contributed by atoms with Crippen molar-refractivity contribution < 1.29 is 9.84 Å². The molecule has 0 spiro atoms. The number of methoxy groups -OCH3 is 1. The predicted molar refractivity (Wildman–Crippen MR) is 58.7 cm³/mol. The number of hydrogen-bond acceptors (Lipinski definition) is 4. The van der Waals surface area contributed by atoms with Gasteiger partial charge >= 0.3 is 0 Å². The molecule has 16 heavy (non-hydrogen) atoms. The summed E-state index contributed by atoms with van der Waals surface area (Å²) in [4.78, 5) is 0. The van der Waals surface area contributed by atoms with E-state index in [-0.39, 0.29) is 6.61 Å². The van der Waals surface area contributed by atoms with Gasteiger partial charge in [0.15, 0.2) is 0 Å². The lowest BCUT2D eigenvalue weighted by molar-refractivity contribution is 0.298. The SMILES string of the molecule is COc1ccc(-n2cc(CCO)nn2)cc1. The molecule has 1 aromatic carbocycles. The van der Waals surface area contributed by atoms with Crippen LogP contribution in [-0.4, -0.2) is 33.8 Å². The van der Waals surface area contributed by atoms with Gasteiger partial charge < -0.3 is 9.84 Å². The van der Waals surface area contributed by atoms with Crippen LogP contribution < -0.4 is 4.74 Å². The van der Waals surface area contributed by atoms with Crippen LogP contribution in [0.25, 0.3) is 5.69 Å². The zero-order chi connectivity index (χ0) is 11.4. The van der Waals surface area contributed by atoms with E-state index in [9.17, 15) is 0 Å². The van der Waals surface area contributed by atoms with Crippen LogP contribution in [0.15, 0.2) is 30.5 Å². The van der Waals surface area contributed by atoms with Crippen molar-refractivity contribution in [2.45, 2.75) is 6.42 Å². The molecule has 1 N–H and O–H groups in total. The van der Waals surface area contributed by atoms with Crippen molar-refractivity contribution in [3.05, 3.63) is 36.2 Å². The largest absolute Gasteiger partial charge is 0.497 e. The van der Waals surface area contributed by atoms with Gasteiger partial charge in [-0.2, -0.15) is 0 Å². The van der Waals surface area contributed by atoms with E-state index in [1.54, 1.807) is 18.0 Å². The Hall–Kier alpha value is -1.88. The average Bonchev–Trinajstić information content (AvgIpc) is 2.78. The molecule has 0 aliphatic heterocycles. The number of aromatic nitrogens is 3. The highest BCUT2D eigenvalue weighted by Crippen LogP contribution is 2.14. The third-order valence-electron chi connectivity index (χ3n) is 2.25. The number of ether oxygens (including phenoxy) is 1. The number of rotatable bonds is 4. The zero-order valence-corrected chi connectivity index (χ0v) is 9.00. The van der Waals surface area contributed by atoms with E-state index in [2.05, 4.69) is 10.3 Å². The molecule has 1 heterocycles. The smallest absolute Gasteiger partial charge is 0.119 e. The Morgan fingerprint density at radius 3 is 2.69 bits per heavy atom. The van der Waals surface area contributed by atoms with Crippen LogP contribution in [0.3, 0.4) is 0 Å². The van der Waals surface area contributed by atoms with Crippen LogP contribution in [0.1, 0.15) is 5.69 Å². The molecule has 0 atom stereocenters. The molecule has 2 rings (SSSR count). The fourth-order valence-corrected chi connectivity index (χ4v) is 1.39. The second kappa shape index (κ2) is 4.76. The number of hydrogen-bond donors (Lipinski definition) is 1. The summed E-state index contributed by atoms with van der Waals surface area (Å²) in [5.41, 5.74) is 1.69. The molecule has 0 radical (unpaired) electrons. The number of nitrogens with zero attached hydrogens (tertiary/aromatic N) is 3. The Morgan fingerprint density at radius 2 is 2.06 bits per heavy atom. The van der Waals surface area contributed by atoms with Crippen LogP contribution in [0.2, 0.25) is 0 Å². The highest BCUT2D eigenvalue weighted by atomic mass is 16.5. The molecular formula is C11H13N3O2. The highest BCUT2D eigenvalue weighted by molar-refractivity contribution is 5.36. The van der Waals surface area contributed by atoms with Gasteiger partial charge in [0.2, 0.25) is 0 Å². The van der Waals surface area contributed by atoms with Gasteiger partial charge in [0.25, 0.3) is 0 Å². The van der Waals surface area contributed by atoms with Crippen molar-refractivity contribution in [3.8, 4) is 11.4 Å². The maximum absolute atomic E-state index is 8.77. The van der Waals surface area contributed by atoms with Gasteiger partial charge in [-0.25, -0.2) is 4.68 Å². The van der Waals surface area contributed by atoms with E-state index in [1.807, 2.05) is 24.3 Å². The summed E-state index contributed by atoms with van der Waals surface area (Å²) in [5, 5.41) is 16.7. The summed E-state index contributed by atoms with van der Waals surface area (Å²) >= 11 is 0. The summed E-state index contributed by atoms with van der Waals surface area (Å²) in [6.45, 7) is 0.0846. The standard InChI is InChI=1S/C11H13N3O2/c1-16-11-4-2-10(3-5-11)14-8-9(6-7-15)12-13-14/h2-5,8,15H,6-7H2,1H3. The normalized spacial score (nSPS) is 10.4. The first-order chi connectivity index (χ1) is 7.83. The van der Waals surface area contributed by atoms with Crippen molar-refractivity contribution in [2.75, 3.05) is 13.7 Å². The van der Waals surface area contributed by atoms with E-state index >= 15 is 0 Å². The minimum absolute atomic E-state index is 0.0846. The Balaban J connectivity index is 2.21. The maximum atomic E-state index is 8.77. The summed E-state index contributed by atoms with van der Waals surface area (Å²) in [7, 11) is 1.63. The minimum atomic E-state index is 0.0846. The zero-order valence-electron chi connectivity index (χ0n) is 9.00. The lowest BCUT2D eigenvalue weighted by atomic mass is 10.3. The molecule has 0 unspecified atom stereocenters. The van der Waals surface area contributed by atoms with Gasteiger partial charge in [-0.05, 0) is 24.3 Å². The van der Waals surface area contributed by atoms with Gasteiger partial charge in [-0.3, -0.25) is 0 Å². The molecule has 5 heteroatoms. The molecule has 0 bridgehead atoms. The molecular weight excluding hydrogens is 206 g/mol. The lowest BCUT2D eigenvalue weighted by Gasteiger charge is -2.01. The fourth-order valence-electron chi connectivity index (χ4n) is 1.39. The second-order valence-electron chi connectivity index (χ2n) is 3.33. The molecule has 2 aromatic rings. The van der Waals surface area contributed by atoms with E-state index in [4.69, 9.17) is 9.84 Å². The van der Waals surface area contributed by atoms with Gasteiger partial charge in [0.05, 0.1) is 24.7 Å². The fraction of sp³-hybridized carbons (Fsp3) is 0.273. The quantitative estimate of drug-likeness (QED) is 0.826. The summed E-state index contributed by atoms with van der Waals surface area (Å²) in [6.07, 6.45) is 2.33. The summed E-state index contributed by atoms with van der Waals surface area (Å²) in [5.74, 6) is 0.805. The molecule has 0 aliphatic carbocycles. The Bertz CT molecular complexity index is 451. The first kappa shape index (κ1) is 10.6. The van der Waals surface area contributed by atoms with E-state index < -0.39 is 0 Å². The molecule has 0 aliphatic rings. The third-order valence-corrected chi connectivity index (χ3v) is 2.25. The van der Waals surface area contributed by atoms with Gasteiger partial charge in [-0.1, -0.05) is 5.21 Å². The maximum Gasteiger partial charge on any atom is 0.119 e. The van der Waals surface area contributed by atoms with E-state index in [1.165, 1.54) is 0 Å². The van der Waals surface area contributed by atoms with Crippen LogP contribution in [0, 0.1) is 0 Å². The Labute approximate surface area is 93.3 Å². The van der Waals surface area contributed by atoms with Crippen LogP contribution in [-0.2, 0) is 6.42 Å². The molecule has 0 saturated heterocycles.